The molecular formula is C21H26N2O4. The number of hydrogen-bond donors (Lipinski definition) is 1. The number of aromatic nitrogens is 1. The normalized spacial score (nSPS) is 18.7. The van der Waals surface area contributed by atoms with Crippen molar-refractivity contribution >= 4 is 5.97 Å². The lowest BCUT2D eigenvalue weighted by Crippen LogP contribution is -2.47. The van der Waals surface area contributed by atoms with Gasteiger partial charge in [0.05, 0.1) is 25.5 Å². The number of methoxy groups -OCH3 is 1. The van der Waals surface area contributed by atoms with Gasteiger partial charge in [-0.05, 0) is 56.1 Å². The van der Waals surface area contributed by atoms with Gasteiger partial charge in [0.15, 0.2) is 11.5 Å². The summed E-state index contributed by atoms with van der Waals surface area (Å²) in [6, 6.07) is 10.7. The number of benzene rings is 1. The maximum Gasteiger partial charge on any atom is 0.320 e. The van der Waals surface area contributed by atoms with Gasteiger partial charge in [-0.15, -0.1) is 0 Å². The number of aliphatic carboxylic acids is 1. The Kier molecular flexibility index (Phi) is 6.29. The standard InChI is InChI=1S/C21H26N2O4/c1-3-27-18-11-10-15(14-19(18)26-2)20(16-8-4-6-12-22-16)23-13-7-5-9-17(23)21(24)25/h4,6,8,10-12,14,17,20H,3,5,7,9,13H2,1-2H3,(H,24,25). The number of rotatable bonds is 7. The molecule has 1 fully saturated rings. The molecule has 1 aliphatic rings. The van der Waals surface area contributed by atoms with E-state index in [0.717, 1.165) is 24.1 Å². The second-order valence-electron chi connectivity index (χ2n) is 6.59. The van der Waals surface area contributed by atoms with Crippen molar-refractivity contribution in [2.75, 3.05) is 20.3 Å². The predicted molar refractivity (Wildman–Crippen MR) is 102 cm³/mol. The van der Waals surface area contributed by atoms with Gasteiger partial charge in [-0.25, -0.2) is 0 Å². The summed E-state index contributed by atoms with van der Waals surface area (Å²) in [6.07, 6.45) is 4.29. The van der Waals surface area contributed by atoms with E-state index in [2.05, 4.69) is 4.98 Å². The monoisotopic (exact) mass is 370 g/mol. The van der Waals surface area contributed by atoms with Crippen LogP contribution in [0.25, 0.3) is 0 Å². The van der Waals surface area contributed by atoms with Crippen molar-refractivity contribution in [1.82, 2.24) is 9.88 Å². The third kappa shape index (κ3) is 4.22. The number of carbonyl (C=O) groups is 1. The van der Waals surface area contributed by atoms with Crippen LogP contribution in [0.1, 0.15) is 43.5 Å². The number of carboxylic acids is 1. The van der Waals surface area contributed by atoms with Crippen molar-refractivity contribution < 1.29 is 19.4 Å². The Hall–Kier alpha value is -2.60. The number of likely N-dealkylation sites (tertiary alicyclic amines) is 1. The van der Waals surface area contributed by atoms with Gasteiger partial charge in [0.25, 0.3) is 0 Å². The fraction of sp³-hybridized carbons (Fsp3) is 0.429. The minimum Gasteiger partial charge on any atom is -0.493 e. The lowest BCUT2D eigenvalue weighted by molar-refractivity contribution is -0.145. The van der Waals surface area contributed by atoms with Crippen molar-refractivity contribution in [3.8, 4) is 11.5 Å². The SMILES string of the molecule is CCOc1ccc(C(c2ccccn2)N2CCCCC2C(=O)O)cc1OC. The number of ether oxygens (including phenoxy) is 2. The van der Waals surface area contributed by atoms with Gasteiger partial charge >= 0.3 is 5.97 Å². The summed E-state index contributed by atoms with van der Waals surface area (Å²) in [5, 5.41) is 9.76. The number of nitrogens with zero attached hydrogens (tertiary/aromatic N) is 2. The van der Waals surface area contributed by atoms with E-state index in [1.807, 2.05) is 48.2 Å². The van der Waals surface area contributed by atoms with E-state index >= 15 is 0 Å². The third-order valence-electron chi connectivity index (χ3n) is 4.93. The lowest BCUT2D eigenvalue weighted by atomic mass is 9.94. The molecule has 0 aliphatic carbocycles. The van der Waals surface area contributed by atoms with E-state index in [9.17, 15) is 9.90 Å². The van der Waals surface area contributed by atoms with Crippen LogP contribution < -0.4 is 9.47 Å². The van der Waals surface area contributed by atoms with Gasteiger partial charge in [-0.3, -0.25) is 14.7 Å². The molecule has 1 aromatic heterocycles. The molecule has 1 aromatic carbocycles. The summed E-state index contributed by atoms with van der Waals surface area (Å²) in [4.78, 5) is 18.5. The van der Waals surface area contributed by atoms with Crippen LogP contribution in [0.3, 0.4) is 0 Å². The first-order chi connectivity index (χ1) is 13.2. The zero-order valence-corrected chi connectivity index (χ0v) is 15.8. The van der Waals surface area contributed by atoms with E-state index in [1.54, 1.807) is 13.3 Å². The van der Waals surface area contributed by atoms with Gasteiger partial charge in [-0.1, -0.05) is 18.6 Å². The van der Waals surface area contributed by atoms with E-state index < -0.39 is 12.0 Å². The first kappa shape index (κ1) is 19.2. The van der Waals surface area contributed by atoms with Crippen LogP contribution in [0.2, 0.25) is 0 Å². The summed E-state index contributed by atoms with van der Waals surface area (Å²) in [5.41, 5.74) is 1.78. The van der Waals surface area contributed by atoms with E-state index in [4.69, 9.17) is 9.47 Å². The molecule has 2 unspecified atom stereocenters. The van der Waals surface area contributed by atoms with Gasteiger partial charge in [0.2, 0.25) is 0 Å². The molecule has 144 valence electrons. The minimum absolute atomic E-state index is 0.253. The summed E-state index contributed by atoms with van der Waals surface area (Å²) in [6.45, 7) is 3.19. The maximum atomic E-state index is 11.9. The van der Waals surface area contributed by atoms with E-state index in [-0.39, 0.29) is 6.04 Å². The molecule has 0 radical (unpaired) electrons. The Morgan fingerprint density at radius 2 is 2.15 bits per heavy atom. The van der Waals surface area contributed by atoms with Gasteiger partial charge < -0.3 is 14.6 Å². The van der Waals surface area contributed by atoms with Crippen LogP contribution in [-0.2, 0) is 4.79 Å². The zero-order chi connectivity index (χ0) is 19.2. The van der Waals surface area contributed by atoms with Crippen molar-refractivity contribution in [1.29, 1.82) is 0 Å². The molecule has 6 nitrogen and oxygen atoms in total. The molecule has 2 heterocycles. The van der Waals surface area contributed by atoms with Crippen LogP contribution >= 0.6 is 0 Å². The first-order valence-corrected chi connectivity index (χ1v) is 9.36. The van der Waals surface area contributed by atoms with Crippen LogP contribution in [0.5, 0.6) is 11.5 Å². The molecule has 1 N–H and O–H groups in total. The zero-order valence-electron chi connectivity index (χ0n) is 15.8. The predicted octanol–water partition coefficient (Wildman–Crippen LogP) is 3.52. The second-order valence-corrected chi connectivity index (χ2v) is 6.59. The Bertz CT molecular complexity index is 766. The molecule has 6 heteroatoms. The molecule has 1 aliphatic heterocycles. The number of piperidine rings is 1. The first-order valence-electron chi connectivity index (χ1n) is 9.36. The van der Waals surface area contributed by atoms with Gasteiger partial charge in [-0.2, -0.15) is 0 Å². The molecule has 0 saturated carbocycles. The van der Waals surface area contributed by atoms with Gasteiger partial charge in [0.1, 0.15) is 6.04 Å². The van der Waals surface area contributed by atoms with Crippen molar-refractivity contribution in [2.45, 2.75) is 38.3 Å². The summed E-state index contributed by atoms with van der Waals surface area (Å²) in [5.74, 6) is 0.532. The Labute approximate surface area is 159 Å². The molecule has 3 rings (SSSR count). The third-order valence-corrected chi connectivity index (χ3v) is 4.93. The maximum absolute atomic E-state index is 11.9. The molecule has 2 aromatic rings. The van der Waals surface area contributed by atoms with Crippen molar-refractivity contribution in [3.05, 3.63) is 53.9 Å². The fourth-order valence-electron chi connectivity index (χ4n) is 3.73. The van der Waals surface area contributed by atoms with Crippen molar-refractivity contribution in [3.63, 3.8) is 0 Å². The number of hydrogen-bond acceptors (Lipinski definition) is 5. The minimum atomic E-state index is -0.784. The Morgan fingerprint density at radius 1 is 1.30 bits per heavy atom. The summed E-state index contributed by atoms with van der Waals surface area (Å²) in [7, 11) is 1.61. The Morgan fingerprint density at radius 3 is 2.81 bits per heavy atom. The molecule has 0 bridgehead atoms. The fourth-order valence-corrected chi connectivity index (χ4v) is 3.73. The molecule has 0 amide bonds. The quantitative estimate of drug-likeness (QED) is 0.804. The smallest absolute Gasteiger partial charge is 0.320 e. The summed E-state index contributed by atoms with van der Waals surface area (Å²) < 4.78 is 11.1. The highest BCUT2D eigenvalue weighted by Gasteiger charge is 2.36. The van der Waals surface area contributed by atoms with E-state index in [1.165, 1.54) is 0 Å². The number of carboxylic acid groups (broad SMARTS) is 1. The van der Waals surface area contributed by atoms with Gasteiger partial charge in [0, 0.05) is 6.20 Å². The molecule has 1 saturated heterocycles. The van der Waals surface area contributed by atoms with Crippen LogP contribution in [-0.4, -0.2) is 47.3 Å². The number of pyridine rings is 1. The average Bonchev–Trinajstić information content (AvgIpc) is 2.70. The Balaban J connectivity index is 2.06. The molecule has 0 spiro atoms. The van der Waals surface area contributed by atoms with Crippen LogP contribution in [0.15, 0.2) is 42.6 Å². The largest absolute Gasteiger partial charge is 0.493 e. The van der Waals surface area contributed by atoms with Crippen molar-refractivity contribution in [2.24, 2.45) is 0 Å². The van der Waals surface area contributed by atoms with Crippen LogP contribution in [0.4, 0.5) is 0 Å². The molecule has 2 atom stereocenters. The summed E-state index contributed by atoms with van der Waals surface area (Å²) >= 11 is 0. The highest BCUT2D eigenvalue weighted by Crippen LogP contribution is 2.37. The topological polar surface area (TPSA) is 71.9 Å². The second kappa shape index (κ2) is 8.86. The lowest BCUT2D eigenvalue weighted by Gasteiger charge is -2.39. The average molecular weight is 370 g/mol. The highest BCUT2D eigenvalue weighted by atomic mass is 16.5. The molecular weight excluding hydrogens is 344 g/mol. The highest BCUT2D eigenvalue weighted by molar-refractivity contribution is 5.73. The van der Waals surface area contributed by atoms with Crippen LogP contribution in [0, 0.1) is 0 Å². The molecule has 27 heavy (non-hydrogen) atoms. The van der Waals surface area contributed by atoms with E-state index in [0.29, 0.717) is 31.1 Å².